The molecule has 158 valence electrons. The van der Waals surface area contributed by atoms with E-state index in [0.717, 1.165) is 17.2 Å². The van der Waals surface area contributed by atoms with Gasteiger partial charge in [0.25, 0.3) is 11.5 Å². The van der Waals surface area contributed by atoms with Gasteiger partial charge in [-0.1, -0.05) is 29.8 Å². The van der Waals surface area contributed by atoms with Crippen molar-refractivity contribution in [2.24, 2.45) is 0 Å². The first-order valence-corrected chi connectivity index (χ1v) is 9.53. The molecule has 0 aromatic heterocycles. The summed E-state index contributed by atoms with van der Waals surface area (Å²) in [6, 6.07) is 11.8. The van der Waals surface area contributed by atoms with Crippen molar-refractivity contribution in [1.29, 1.82) is 0 Å². The van der Waals surface area contributed by atoms with Gasteiger partial charge in [0.05, 0.1) is 12.2 Å². The molecule has 0 radical (unpaired) electrons. The fourth-order valence-corrected chi connectivity index (χ4v) is 3.61. The third-order valence-corrected chi connectivity index (χ3v) is 5.23. The Bertz CT molecular complexity index is 997. The van der Waals surface area contributed by atoms with E-state index in [1.807, 2.05) is 31.2 Å². The summed E-state index contributed by atoms with van der Waals surface area (Å²) < 4.78 is 17.0. The molecule has 3 atom stereocenters. The van der Waals surface area contributed by atoms with Gasteiger partial charge in [-0.3, -0.25) is 0 Å². The van der Waals surface area contributed by atoms with Crippen LogP contribution < -0.4 is 0 Å². The predicted octanol–water partition coefficient (Wildman–Crippen LogP) is 1.73. The summed E-state index contributed by atoms with van der Waals surface area (Å²) >= 11 is 0. The van der Waals surface area contributed by atoms with Gasteiger partial charge in [0.2, 0.25) is 0 Å². The maximum atomic E-state index is 12.3. The predicted molar refractivity (Wildman–Crippen MR) is 103 cm³/mol. The van der Waals surface area contributed by atoms with Crippen LogP contribution in [0.25, 0.3) is 0 Å². The molecular weight excluding hydrogens is 392 g/mol. The smallest absolute Gasteiger partial charge is 0.378 e. The lowest BCUT2D eigenvalue weighted by Gasteiger charge is -2.32. The lowest BCUT2D eigenvalue weighted by molar-refractivity contribution is -0.200. The molecule has 2 heterocycles. The Balaban J connectivity index is 1.69. The van der Waals surface area contributed by atoms with Gasteiger partial charge in [0.1, 0.15) is 17.6 Å². The maximum absolute atomic E-state index is 12.3. The lowest BCUT2D eigenvalue weighted by atomic mass is 9.96. The Morgan fingerprint density at radius 1 is 1.10 bits per heavy atom. The number of ether oxygens (including phenoxy) is 3. The van der Waals surface area contributed by atoms with E-state index in [-0.39, 0.29) is 35.0 Å². The number of carbonyl (C=O) groups is 1. The molecule has 0 fully saturated rings. The number of hydrogen-bond acceptors (Lipinski definition) is 8. The number of aliphatic hydroxyl groups is 2. The molecule has 2 aromatic carbocycles. The minimum atomic E-state index is -1.57. The molecule has 2 aliphatic rings. The molecule has 0 amide bonds. The summed E-state index contributed by atoms with van der Waals surface area (Å²) in [6.45, 7) is 1.34. The summed E-state index contributed by atoms with van der Waals surface area (Å²) in [5.41, 5.74) is 2.32. The summed E-state index contributed by atoms with van der Waals surface area (Å²) in [5, 5.41) is 39.4. The third-order valence-electron chi connectivity index (χ3n) is 5.23. The van der Waals surface area contributed by atoms with Crippen LogP contribution in [0.4, 0.5) is 0 Å². The second kappa shape index (κ2) is 7.55. The zero-order valence-corrected chi connectivity index (χ0v) is 16.2. The highest BCUT2D eigenvalue weighted by atomic mass is 16.8. The quantitative estimate of drug-likeness (QED) is 0.527. The van der Waals surface area contributed by atoms with Crippen molar-refractivity contribution < 1.29 is 39.4 Å². The monoisotopic (exact) mass is 414 g/mol. The highest BCUT2D eigenvalue weighted by molar-refractivity contribution is 5.90. The molecule has 4 rings (SSSR count). The van der Waals surface area contributed by atoms with Crippen LogP contribution in [0.1, 0.15) is 23.1 Å². The first-order chi connectivity index (χ1) is 14.3. The summed E-state index contributed by atoms with van der Waals surface area (Å²) in [6.07, 6.45) is -1.88. The number of hydrogen-bond donors (Lipinski definition) is 4. The lowest BCUT2D eigenvalue weighted by Crippen LogP contribution is -2.37. The van der Waals surface area contributed by atoms with Crippen LogP contribution in [0, 0.1) is 6.92 Å². The van der Waals surface area contributed by atoms with E-state index in [4.69, 9.17) is 14.2 Å². The molecule has 4 N–H and O–H groups in total. The topological polar surface area (TPSA) is 126 Å². The molecule has 0 saturated heterocycles. The maximum Gasteiger partial charge on any atom is 0.378 e. The highest BCUT2D eigenvalue weighted by Crippen LogP contribution is 2.49. The molecule has 0 aliphatic carbocycles. The number of aromatic hydroxyl groups is 2. The Morgan fingerprint density at radius 2 is 1.83 bits per heavy atom. The first kappa shape index (κ1) is 20.1. The molecule has 30 heavy (non-hydrogen) atoms. The van der Waals surface area contributed by atoms with E-state index in [0.29, 0.717) is 6.42 Å². The van der Waals surface area contributed by atoms with Crippen molar-refractivity contribution in [2.45, 2.75) is 37.8 Å². The Morgan fingerprint density at radius 3 is 2.50 bits per heavy atom. The van der Waals surface area contributed by atoms with E-state index < -0.39 is 30.6 Å². The Labute approximate surface area is 172 Å². The van der Waals surface area contributed by atoms with Gasteiger partial charge < -0.3 is 34.6 Å². The second-order valence-corrected chi connectivity index (χ2v) is 7.41. The molecule has 2 aliphatic heterocycles. The number of rotatable bonds is 6. The average Bonchev–Trinajstić information content (AvgIpc) is 3.24. The van der Waals surface area contributed by atoms with Crippen molar-refractivity contribution in [3.8, 4) is 11.5 Å². The van der Waals surface area contributed by atoms with Crippen molar-refractivity contribution in [3.05, 3.63) is 70.7 Å². The number of cyclic esters (lactones) is 1. The van der Waals surface area contributed by atoms with E-state index in [1.54, 1.807) is 0 Å². The van der Waals surface area contributed by atoms with Crippen LogP contribution in [0.5, 0.6) is 11.5 Å². The van der Waals surface area contributed by atoms with Gasteiger partial charge in [-0.2, -0.15) is 0 Å². The number of aliphatic hydroxyl groups excluding tert-OH is 2. The molecule has 0 spiro atoms. The van der Waals surface area contributed by atoms with Crippen molar-refractivity contribution in [3.63, 3.8) is 0 Å². The van der Waals surface area contributed by atoms with E-state index in [1.165, 1.54) is 12.1 Å². The van der Waals surface area contributed by atoms with Crippen LogP contribution in [-0.2, 0) is 31.2 Å². The van der Waals surface area contributed by atoms with Crippen molar-refractivity contribution >= 4 is 5.97 Å². The summed E-state index contributed by atoms with van der Waals surface area (Å²) in [4.78, 5) is 12.3. The van der Waals surface area contributed by atoms with Gasteiger partial charge in [-0.05, 0) is 31.0 Å². The largest absolute Gasteiger partial charge is 0.508 e. The van der Waals surface area contributed by atoms with E-state index in [2.05, 4.69) is 0 Å². The van der Waals surface area contributed by atoms with Crippen LogP contribution in [0.2, 0.25) is 0 Å². The minimum absolute atomic E-state index is 0.0297. The highest BCUT2D eigenvalue weighted by Gasteiger charge is 2.55. The number of aryl methyl sites for hydroxylation is 2. The first-order valence-electron chi connectivity index (χ1n) is 9.53. The standard InChI is InChI=1S/C22H22O8/c1-12-2-4-13(5-3-12)8-9-22(15-7-6-14(24)10-16(15)25)29-19-18(17(26)11-23)28-21(27)20(19)30-22/h2-7,10,17-18,23-26H,8-9,11H2,1H3. The molecule has 2 aromatic rings. The Hall–Kier alpha value is -3.23. The van der Waals surface area contributed by atoms with E-state index >= 15 is 0 Å². The van der Waals surface area contributed by atoms with Crippen LogP contribution in [-0.4, -0.2) is 45.2 Å². The van der Waals surface area contributed by atoms with Gasteiger partial charge in [-0.25, -0.2) is 4.79 Å². The normalized spacial score (nSPS) is 23.6. The van der Waals surface area contributed by atoms with Gasteiger partial charge in [-0.15, -0.1) is 0 Å². The number of esters is 1. The summed E-state index contributed by atoms with van der Waals surface area (Å²) in [5.74, 6) is -3.04. The minimum Gasteiger partial charge on any atom is -0.508 e. The molecule has 0 bridgehead atoms. The molecule has 0 saturated carbocycles. The SMILES string of the molecule is Cc1ccc(CCC2(c3ccc(O)cc3O)OC3=C(O2)C(C(O)CO)OC3=O)cc1. The Kier molecular flexibility index (Phi) is 5.05. The van der Waals surface area contributed by atoms with Gasteiger partial charge >= 0.3 is 5.97 Å². The third kappa shape index (κ3) is 3.44. The van der Waals surface area contributed by atoms with Gasteiger partial charge in [0.15, 0.2) is 11.9 Å². The van der Waals surface area contributed by atoms with E-state index in [9.17, 15) is 25.2 Å². The fourth-order valence-electron chi connectivity index (χ4n) is 3.61. The van der Waals surface area contributed by atoms with Crippen LogP contribution in [0.15, 0.2) is 54.0 Å². The number of benzene rings is 2. The van der Waals surface area contributed by atoms with Crippen molar-refractivity contribution in [2.75, 3.05) is 6.61 Å². The van der Waals surface area contributed by atoms with Crippen LogP contribution in [0.3, 0.4) is 0 Å². The number of carbonyl (C=O) groups excluding carboxylic acids is 1. The molecule has 3 unspecified atom stereocenters. The zero-order valence-electron chi connectivity index (χ0n) is 16.2. The second-order valence-electron chi connectivity index (χ2n) is 7.41. The van der Waals surface area contributed by atoms with Gasteiger partial charge in [0, 0.05) is 12.5 Å². The van der Waals surface area contributed by atoms with Crippen LogP contribution >= 0.6 is 0 Å². The zero-order chi connectivity index (χ0) is 21.5. The fraction of sp³-hybridized carbons (Fsp3) is 0.318. The number of phenols is 2. The molecular formula is C22H22O8. The number of phenolic OH excluding ortho intramolecular Hbond substituents is 2. The average molecular weight is 414 g/mol. The molecule has 8 nitrogen and oxygen atoms in total. The summed E-state index contributed by atoms with van der Waals surface area (Å²) in [7, 11) is 0. The molecule has 8 heteroatoms. The van der Waals surface area contributed by atoms with Crippen molar-refractivity contribution in [1.82, 2.24) is 0 Å².